The van der Waals surface area contributed by atoms with Crippen LogP contribution in [0.3, 0.4) is 0 Å². The molecule has 0 spiro atoms. The summed E-state index contributed by atoms with van der Waals surface area (Å²) in [5, 5.41) is 0. The van der Waals surface area contributed by atoms with Crippen LogP contribution in [-0.4, -0.2) is 16.5 Å². The van der Waals surface area contributed by atoms with Gasteiger partial charge in [0.1, 0.15) is 5.82 Å². The fourth-order valence-corrected chi connectivity index (χ4v) is 3.80. The van der Waals surface area contributed by atoms with E-state index in [1.54, 1.807) is 0 Å². The highest BCUT2D eigenvalue weighted by Crippen LogP contribution is 2.32. The van der Waals surface area contributed by atoms with Crippen LogP contribution >= 0.6 is 0 Å². The van der Waals surface area contributed by atoms with E-state index in [1.807, 2.05) is 0 Å². The number of hydrogen-bond donors (Lipinski definition) is 1. The summed E-state index contributed by atoms with van der Waals surface area (Å²) in [6, 6.07) is 0. The van der Waals surface area contributed by atoms with Gasteiger partial charge in [-0.2, -0.15) is 0 Å². The molecule has 2 N–H and O–H groups in total. The van der Waals surface area contributed by atoms with E-state index in [0.29, 0.717) is 11.8 Å². The van der Waals surface area contributed by atoms with Crippen molar-refractivity contribution in [1.82, 2.24) is 9.97 Å². The molecule has 2 aliphatic carbocycles. The fraction of sp³-hybridized carbons (Fsp3) is 0.765. The van der Waals surface area contributed by atoms with Gasteiger partial charge in [0, 0.05) is 17.3 Å². The van der Waals surface area contributed by atoms with Crippen molar-refractivity contribution in [2.24, 2.45) is 11.7 Å². The molecule has 1 aromatic heterocycles. The number of aromatic nitrogens is 2. The molecule has 0 amide bonds. The van der Waals surface area contributed by atoms with Crippen LogP contribution in [0.1, 0.15) is 73.6 Å². The summed E-state index contributed by atoms with van der Waals surface area (Å²) in [5.41, 5.74) is 9.76. The van der Waals surface area contributed by atoms with Crippen molar-refractivity contribution in [3.8, 4) is 0 Å². The van der Waals surface area contributed by atoms with Gasteiger partial charge in [-0.3, -0.25) is 0 Å². The second-order valence-electron chi connectivity index (χ2n) is 6.63. The summed E-state index contributed by atoms with van der Waals surface area (Å²) in [4.78, 5) is 9.82. The van der Waals surface area contributed by atoms with Gasteiger partial charge in [0.25, 0.3) is 0 Å². The molecule has 1 aromatic rings. The predicted molar refractivity (Wildman–Crippen MR) is 81.8 cm³/mol. The highest BCUT2D eigenvalue weighted by atomic mass is 14.9. The van der Waals surface area contributed by atoms with Crippen LogP contribution in [0.15, 0.2) is 0 Å². The molecule has 1 fully saturated rings. The Morgan fingerprint density at radius 3 is 2.50 bits per heavy atom. The molecular weight excluding hydrogens is 246 g/mol. The molecule has 1 heterocycles. The molecule has 3 rings (SSSR count). The number of fused-ring (bicyclic) bond motifs is 1. The van der Waals surface area contributed by atoms with E-state index in [2.05, 4.69) is 6.92 Å². The molecule has 0 radical (unpaired) electrons. The van der Waals surface area contributed by atoms with Crippen molar-refractivity contribution in [3.05, 3.63) is 22.8 Å². The summed E-state index contributed by atoms with van der Waals surface area (Å²) in [7, 11) is 0. The van der Waals surface area contributed by atoms with Crippen molar-refractivity contribution in [3.63, 3.8) is 0 Å². The van der Waals surface area contributed by atoms with Crippen LogP contribution in [0.25, 0.3) is 0 Å². The molecule has 1 saturated carbocycles. The molecule has 0 aromatic carbocycles. The lowest BCUT2D eigenvalue weighted by Crippen LogP contribution is -2.25. The molecule has 0 saturated heterocycles. The first-order valence-electron chi connectivity index (χ1n) is 8.34. The van der Waals surface area contributed by atoms with E-state index in [0.717, 1.165) is 25.2 Å². The third-order valence-corrected chi connectivity index (χ3v) is 5.15. The lowest BCUT2D eigenvalue weighted by atomic mass is 9.85. The Hall–Kier alpha value is -0.960. The first-order chi connectivity index (χ1) is 9.78. The number of hydrogen-bond acceptors (Lipinski definition) is 3. The van der Waals surface area contributed by atoms with Crippen LogP contribution in [0, 0.1) is 12.8 Å². The lowest BCUT2D eigenvalue weighted by Gasteiger charge is -2.25. The Morgan fingerprint density at radius 2 is 1.80 bits per heavy atom. The maximum absolute atomic E-state index is 5.83. The van der Waals surface area contributed by atoms with Gasteiger partial charge in [0.2, 0.25) is 0 Å². The van der Waals surface area contributed by atoms with E-state index in [9.17, 15) is 0 Å². The molecule has 1 unspecified atom stereocenters. The average molecular weight is 273 g/mol. The van der Waals surface area contributed by atoms with E-state index in [-0.39, 0.29) is 0 Å². The van der Waals surface area contributed by atoms with Gasteiger partial charge in [-0.1, -0.05) is 25.7 Å². The minimum Gasteiger partial charge on any atom is -0.330 e. The zero-order valence-electron chi connectivity index (χ0n) is 12.7. The van der Waals surface area contributed by atoms with Crippen LogP contribution < -0.4 is 5.73 Å². The van der Waals surface area contributed by atoms with Gasteiger partial charge in [-0.25, -0.2) is 9.97 Å². The second kappa shape index (κ2) is 6.21. The van der Waals surface area contributed by atoms with Crippen molar-refractivity contribution >= 4 is 0 Å². The maximum atomic E-state index is 5.83. The molecule has 0 bridgehead atoms. The SMILES string of the molecule is Cc1nc(C2CCCCCC2)nc2c1CC(CN)CC2. The Morgan fingerprint density at radius 1 is 1.05 bits per heavy atom. The van der Waals surface area contributed by atoms with E-state index in [1.165, 1.54) is 61.9 Å². The van der Waals surface area contributed by atoms with Crippen LogP contribution in [0.5, 0.6) is 0 Å². The highest BCUT2D eigenvalue weighted by molar-refractivity contribution is 5.29. The summed E-state index contributed by atoms with van der Waals surface area (Å²) in [6.07, 6.45) is 11.4. The fourth-order valence-electron chi connectivity index (χ4n) is 3.80. The Kier molecular flexibility index (Phi) is 4.35. The topological polar surface area (TPSA) is 51.8 Å². The van der Waals surface area contributed by atoms with E-state index in [4.69, 9.17) is 15.7 Å². The van der Waals surface area contributed by atoms with Crippen LogP contribution in [-0.2, 0) is 12.8 Å². The van der Waals surface area contributed by atoms with Gasteiger partial charge < -0.3 is 5.73 Å². The minimum absolute atomic E-state index is 0.605. The molecule has 0 aliphatic heterocycles. The van der Waals surface area contributed by atoms with Gasteiger partial charge in [-0.15, -0.1) is 0 Å². The van der Waals surface area contributed by atoms with E-state index < -0.39 is 0 Å². The van der Waals surface area contributed by atoms with Gasteiger partial charge in [0.05, 0.1) is 0 Å². The Balaban J connectivity index is 1.85. The Bertz CT molecular complexity index is 462. The maximum Gasteiger partial charge on any atom is 0.131 e. The summed E-state index contributed by atoms with van der Waals surface area (Å²) in [6.45, 7) is 2.96. The third kappa shape index (κ3) is 2.88. The van der Waals surface area contributed by atoms with Crippen molar-refractivity contribution in [2.75, 3.05) is 6.54 Å². The number of aryl methyl sites for hydroxylation is 2. The molecule has 3 nitrogen and oxygen atoms in total. The monoisotopic (exact) mass is 273 g/mol. The number of rotatable bonds is 2. The van der Waals surface area contributed by atoms with Gasteiger partial charge in [-0.05, 0) is 57.1 Å². The van der Waals surface area contributed by atoms with Crippen molar-refractivity contribution in [2.45, 2.75) is 70.6 Å². The first-order valence-corrected chi connectivity index (χ1v) is 8.34. The largest absolute Gasteiger partial charge is 0.330 e. The zero-order valence-corrected chi connectivity index (χ0v) is 12.7. The molecule has 2 aliphatic rings. The molecular formula is C17H27N3. The number of nitrogens with two attached hydrogens (primary N) is 1. The normalized spacial score (nSPS) is 24.2. The minimum atomic E-state index is 0.605. The molecule has 20 heavy (non-hydrogen) atoms. The third-order valence-electron chi connectivity index (χ3n) is 5.15. The van der Waals surface area contributed by atoms with Gasteiger partial charge >= 0.3 is 0 Å². The van der Waals surface area contributed by atoms with Gasteiger partial charge in [0.15, 0.2) is 0 Å². The first kappa shape index (κ1) is 14.0. The predicted octanol–water partition coefficient (Wildman–Crippen LogP) is 3.29. The second-order valence-corrected chi connectivity index (χ2v) is 6.63. The summed E-state index contributed by atoms with van der Waals surface area (Å²) < 4.78 is 0. The van der Waals surface area contributed by atoms with Crippen molar-refractivity contribution < 1.29 is 0 Å². The number of nitrogens with zero attached hydrogens (tertiary/aromatic N) is 2. The average Bonchev–Trinajstić information content (AvgIpc) is 2.76. The van der Waals surface area contributed by atoms with Crippen LogP contribution in [0.4, 0.5) is 0 Å². The van der Waals surface area contributed by atoms with Crippen molar-refractivity contribution in [1.29, 1.82) is 0 Å². The smallest absolute Gasteiger partial charge is 0.131 e. The molecule has 1 atom stereocenters. The lowest BCUT2D eigenvalue weighted by molar-refractivity contribution is 0.454. The highest BCUT2D eigenvalue weighted by Gasteiger charge is 2.24. The summed E-state index contributed by atoms with van der Waals surface area (Å²) in [5.74, 6) is 2.37. The zero-order chi connectivity index (χ0) is 13.9. The van der Waals surface area contributed by atoms with E-state index >= 15 is 0 Å². The Labute approximate surface area is 122 Å². The summed E-state index contributed by atoms with van der Waals surface area (Å²) >= 11 is 0. The molecule has 110 valence electrons. The van der Waals surface area contributed by atoms with Crippen LogP contribution in [0.2, 0.25) is 0 Å². The molecule has 3 heteroatoms. The quantitative estimate of drug-likeness (QED) is 0.841. The standard InChI is InChI=1S/C17H27N3/c1-12-15-10-13(11-18)8-9-16(15)20-17(19-12)14-6-4-2-3-5-7-14/h13-14H,2-11,18H2,1H3.